The number of carboxylic acid groups (broad SMARTS) is 1. The second-order valence-corrected chi connectivity index (χ2v) is 2.52. The van der Waals surface area contributed by atoms with Gasteiger partial charge in [-0.2, -0.15) is 0 Å². The van der Waals surface area contributed by atoms with Crippen LogP contribution in [0.3, 0.4) is 0 Å². The molecule has 80 valence electrons. The minimum atomic E-state index is -1.33. The van der Waals surface area contributed by atoms with Crippen LogP contribution in [-0.2, 0) is 4.74 Å². The summed E-state index contributed by atoms with van der Waals surface area (Å²) in [4.78, 5) is 8.78. The Morgan fingerprint density at radius 1 is 1.69 bits per heavy atom. The molecule has 5 nitrogen and oxygen atoms in total. The van der Waals surface area contributed by atoms with Crippen LogP contribution in [0.5, 0.6) is 0 Å². The van der Waals surface area contributed by atoms with Crippen LogP contribution < -0.4 is 5.73 Å². The lowest BCUT2D eigenvalue weighted by molar-refractivity contribution is -0.0991. The molecule has 0 aromatic carbocycles. The molecule has 1 amide bonds. The average molecular weight is 214 g/mol. The fraction of sp³-hybridized carbons (Fsp3) is 0.857. The van der Waals surface area contributed by atoms with Gasteiger partial charge in [-0.05, 0) is 6.42 Å². The number of nitrogens with two attached hydrogens (primary N) is 1. The van der Waals surface area contributed by atoms with Crippen LogP contribution in [0.15, 0.2) is 0 Å². The number of hydrogen-bond acceptors (Lipinski definition) is 3. The Kier molecular flexibility index (Phi) is 13.2. The van der Waals surface area contributed by atoms with Gasteiger partial charge in [-0.25, -0.2) is 4.79 Å². The van der Waals surface area contributed by atoms with Gasteiger partial charge in [0.15, 0.2) is 6.29 Å². The van der Waals surface area contributed by atoms with E-state index in [4.69, 9.17) is 31.3 Å². The van der Waals surface area contributed by atoms with Crippen molar-refractivity contribution in [3.05, 3.63) is 0 Å². The molecule has 0 saturated carbocycles. The molecule has 1 unspecified atom stereocenters. The van der Waals surface area contributed by atoms with Gasteiger partial charge in [0.05, 0.1) is 0 Å². The zero-order valence-electron chi connectivity index (χ0n) is 7.57. The fourth-order valence-electron chi connectivity index (χ4n) is 0.431. The number of rotatable bonds is 5. The molecule has 0 bridgehead atoms. The van der Waals surface area contributed by atoms with Crippen molar-refractivity contribution in [3.8, 4) is 0 Å². The highest BCUT2D eigenvalue weighted by Crippen LogP contribution is 1.96. The molecule has 0 radical (unpaired) electrons. The van der Waals surface area contributed by atoms with E-state index in [1.54, 1.807) is 0 Å². The molecule has 13 heavy (non-hydrogen) atoms. The molecule has 0 heterocycles. The number of aliphatic hydroxyl groups excluding tert-OH is 1. The molecule has 0 rings (SSSR count). The Hall–Kier alpha value is -0.520. The molecule has 0 aliphatic carbocycles. The van der Waals surface area contributed by atoms with E-state index in [0.717, 1.165) is 6.42 Å². The Morgan fingerprint density at radius 2 is 2.15 bits per heavy atom. The molecular weight excluding hydrogens is 198 g/mol. The first-order valence-electron chi connectivity index (χ1n) is 3.88. The third-order valence-electron chi connectivity index (χ3n) is 0.870. The maximum atomic E-state index is 8.87. The van der Waals surface area contributed by atoms with Gasteiger partial charge < -0.3 is 20.7 Å². The minimum absolute atomic E-state index is 0.449. The lowest BCUT2D eigenvalue weighted by Gasteiger charge is -2.07. The van der Waals surface area contributed by atoms with Crippen molar-refractivity contribution >= 4 is 17.7 Å². The van der Waals surface area contributed by atoms with Crippen molar-refractivity contribution in [1.29, 1.82) is 0 Å². The number of primary amides is 1. The zero-order valence-corrected chi connectivity index (χ0v) is 8.33. The quantitative estimate of drug-likeness (QED) is 0.469. The van der Waals surface area contributed by atoms with Crippen LogP contribution in [0.25, 0.3) is 0 Å². The SMILES string of the molecule is CCCOC(O)CCCl.NC(=O)O. The molecule has 1 atom stereocenters. The van der Waals surface area contributed by atoms with Gasteiger partial charge >= 0.3 is 6.09 Å². The number of hydrogen-bond donors (Lipinski definition) is 3. The van der Waals surface area contributed by atoms with E-state index in [9.17, 15) is 0 Å². The van der Waals surface area contributed by atoms with Crippen molar-refractivity contribution < 1.29 is 19.7 Å². The zero-order chi connectivity index (χ0) is 10.7. The molecular formula is C7H16ClNO4. The Morgan fingerprint density at radius 3 is 2.46 bits per heavy atom. The number of carbonyl (C=O) groups is 1. The van der Waals surface area contributed by atoms with Gasteiger partial charge in [0, 0.05) is 18.9 Å². The van der Waals surface area contributed by atoms with E-state index in [0.29, 0.717) is 18.9 Å². The molecule has 0 fully saturated rings. The van der Waals surface area contributed by atoms with E-state index in [1.165, 1.54) is 0 Å². The lowest BCUT2D eigenvalue weighted by Crippen LogP contribution is -2.12. The molecule has 0 aromatic heterocycles. The number of ether oxygens (including phenoxy) is 1. The third-order valence-corrected chi connectivity index (χ3v) is 1.09. The molecule has 6 heteroatoms. The van der Waals surface area contributed by atoms with Crippen LogP contribution in [0, 0.1) is 0 Å². The van der Waals surface area contributed by atoms with E-state index in [-0.39, 0.29) is 0 Å². The first-order valence-corrected chi connectivity index (χ1v) is 4.42. The van der Waals surface area contributed by atoms with Crippen molar-refractivity contribution in [2.24, 2.45) is 5.73 Å². The van der Waals surface area contributed by atoms with Gasteiger partial charge in [0.1, 0.15) is 0 Å². The number of halogens is 1. The standard InChI is InChI=1S/C6H13ClO2.CH3NO2/c1-2-5-9-6(8)3-4-7;2-1(3)4/h6,8H,2-5H2,1H3;2H2,(H,3,4). The van der Waals surface area contributed by atoms with Crippen molar-refractivity contribution in [2.75, 3.05) is 12.5 Å². The summed E-state index contributed by atoms with van der Waals surface area (Å²) < 4.78 is 4.90. The van der Waals surface area contributed by atoms with Crippen LogP contribution in [0.1, 0.15) is 19.8 Å². The van der Waals surface area contributed by atoms with Crippen LogP contribution in [-0.4, -0.2) is 35.1 Å². The highest BCUT2D eigenvalue weighted by molar-refractivity contribution is 6.17. The number of amides is 1. The monoisotopic (exact) mass is 213 g/mol. The van der Waals surface area contributed by atoms with Crippen LogP contribution in [0.2, 0.25) is 0 Å². The molecule has 4 N–H and O–H groups in total. The smallest absolute Gasteiger partial charge is 0.402 e. The van der Waals surface area contributed by atoms with Crippen molar-refractivity contribution in [1.82, 2.24) is 0 Å². The summed E-state index contributed by atoms with van der Waals surface area (Å²) in [6.45, 7) is 2.60. The maximum absolute atomic E-state index is 8.87. The summed E-state index contributed by atoms with van der Waals surface area (Å²) in [5.74, 6) is 0.449. The second kappa shape index (κ2) is 11.5. The molecule has 0 spiro atoms. The van der Waals surface area contributed by atoms with Gasteiger partial charge in [0.25, 0.3) is 0 Å². The lowest BCUT2D eigenvalue weighted by atomic mass is 10.4. The van der Waals surface area contributed by atoms with Gasteiger partial charge in [-0.15, -0.1) is 11.6 Å². The van der Waals surface area contributed by atoms with E-state index < -0.39 is 12.4 Å². The molecule has 0 aliphatic rings. The second-order valence-electron chi connectivity index (χ2n) is 2.14. The van der Waals surface area contributed by atoms with E-state index in [1.807, 2.05) is 6.92 Å². The Balaban J connectivity index is 0. The third kappa shape index (κ3) is 24.6. The Bertz CT molecular complexity index is 119. The van der Waals surface area contributed by atoms with Crippen LogP contribution >= 0.6 is 11.6 Å². The number of alkyl halides is 1. The normalized spacial score (nSPS) is 11.3. The van der Waals surface area contributed by atoms with E-state index in [2.05, 4.69) is 5.73 Å². The summed E-state index contributed by atoms with van der Waals surface area (Å²) in [6, 6.07) is 0. The summed E-state index contributed by atoms with van der Waals surface area (Å²) in [5, 5.41) is 16.1. The minimum Gasteiger partial charge on any atom is -0.465 e. The Labute approximate surface area is 82.4 Å². The fourth-order valence-corrected chi connectivity index (χ4v) is 0.617. The highest BCUT2D eigenvalue weighted by atomic mass is 35.5. The van der Waals surface area contributed by atoms with Crippen LogP contribution in [0.4, 0.5) is 4.79 Å². The van der Waals surface area contributed by atoms with Gasteiger partial charge in [-0.1, -0.05) is 6.92 Å². The van der Waals surface area contributed by atoms with Gasteiger partial charge in [-0.3, -0.25) is 0 Å². The number of aliphatic hydroxyl groups is 1. The predicted molar refractivity (Wildman–Crippen MR) is 49.8 cm³/mol. The maximum Gasteiger partial charge on any atom is 0.402 e. The first-order chi connectivity index (χ1) is 6.04. The van der Waals surface area contributed by atoms with Crippen molar-refractivity contribution in [3.63, 3.8) is 0 Å². The average Bonchev–Trinajstić information content (AvgIpc) is 2.00. The largest absolute Gasteiger partial charge is 0.465 e. The summed E-state index contributed by atoms with van der Waals surface area (Å²) in [5.41, 5.74) is 4.03. The topological polar surface area (TPSA) is 92.8 Å². The molecule has 0 aliphatic heterocycles. The summed E-state index contributed by atoms with van der Waals surface area (Å²) >= 11 is 5.34. The summed E-state index contributed by atoms with van der Waals surface area (Å²) in [7, 11) is 0. The highest BCUT2D eigenvalue weighted by Gasteiger charge is 1.99. The molecule has 0 aromatic rings. The van der Waals surface area contributed by atoms with Crippen molar-refractivity contribution in [2.45, 2.75) is 26.1 Å². The first kappa shape index (κ1) is 15.0. The van der Waals surface area contributed by atoms with Gasteiger partial charge in [0.2, 0.25) is 0 Å². The van der Waals surface area contributed by atoms with E-state index >= 15 is 0 Å². The molecule has 0 saturated heterocycles. The summed E-state index contributed by atoms with van der Waals surface area (Å²) in [6.07, 6.45) is -0.552. The predicted octanol–water partition coefficient (Wildman–Crippen LogP) is 0.983.